The summed E-state index contributed by atoms with van der Waals surface area (Å²) in [7, 11) is 0. The van der Waals surface area contributed by atoms with Crippen LogP contribution in [0.2, 0.25) is 0 Å². The van der Waals surface area contributed by atoms with Crippen LogP contribution in [-0.4, -0.2) is 71.7 Å². The molecule has 0 aromatic carbocycles. The van der Waals surface area contributed by atoms with Crippen LogP contribution in [0.1, 0.15) is 10.7 Å². The van der Waals surface area contributed by atoms with E-state index in [-0.39, 0.29) is 46.1 Å². The Hall–Kier alpha value is -1.69. The van der Waals surface area contributed by atoms with Crippen LogP contribution in [0.4, 0.5) is 5.13 Å². The molecule has 0 spiro atoms. The van der Waals surface area contributed by atoms with Crippen molar-refractivity contribution in [2.45, 2.75) is 22.7 Å². The van der Waals surface area contributed by atoms with E-state index in [2.05, 4.69) is 25.7 Å². The summed E-state index contributed by atoms with van der Waals surface area (Å²) in [6.07, 6.45) is 0. The average Bonchev–Trinajstić information content (AvgIpc) is 3.38. The minimum absolute atomic E-state index is 0. The number of carbonyl (C=O) groups excluding carboxylic acids is 3. The number of aryl methyl sites for hydroxylation is 1. The van der Waals surface area contributed by atoms with E-state index in [0.717, 1.165) is 21.2 Å². The summed E-state index contributed by atoms with van der Waals surface area (Å²) in [6, 6.07) is -0.991. The zero-order valence-electron chi connectivity index (χ0n) is 17.2. The van der Waals surface area contributed by atoms with E-state index >= 15 is 0 Å². The number of carbonyl (C=O) groups is 3. The molecule has 2 aliphatic rings. The van der Waals surface area contributed by atoms with Crippen molar-refractivity contribution >= 4 is 74.8 Å². The molecule has 33 heavy (non-hydrogen) atoms. The van der Waals surface area contributed by atoms with Crippen LogP contribution < -0.4 is 45.7 Å². The largest absolute Gasteiger partial charge is 1.00 e. The number of anilines is 1. The second-order valence-corrected chi connectivity index (χ2v) is 10.9. The number of β-lactam (4-membered cyclic amide) rings is 1. The number of nitrogens with two attached hydrogens (primary N) is 1. The first kappa shape index (κ1) is 25.9. The minimum Gasteiger partial charge on any atom is -0.543 e. The molecule has 4 heterocycles. The Bertz CT molecular complexity index is 1170. The summed E-state index contributed by atoms with van der Waals surface area (Å²) in [6.45, 7) is 1.82. The molecule has 2 aliphatic heterocycles. The molecule has 12 nitrogen and oxygen atoms in total. The van der Waals surface area contributed by atoms with Gasteiger partial charge >= 0.3 is 29.6 Å². The van der Waals surface area contributed by atoms with Crippen LogP contribution in [-0.2, 0) is 14.4 Å². The van der Waals surface area contributed by atoms with Gasteiger partial charge in [-0.25, -0.2) is 4.98 Å². The summed E-state index contributed by atoms with van der Waals surface area (Å²) in [4.78, 5) is 42.1. The van der Waals surface area contributed by atoms with Crippen molar-refractivity contribution in [1.82, 2.24) is 25.4 Å². The number of thioether (sulfide) groups is 2. The van der Waals surface area contributed by atoms with Gasteiger partial charge in [-0.3, -0.25) is 14.5 Å². The van der Waals surface area contributed by atoms with Gasteiger partial charge in [-0.1, -0.05) is 28.3 Å². The first-order chi connectivity index (χ1) is 15.3. The number of hydrogen-bond donors (Lipinski definition) is 3. The van der Waals surface area contributed by atoms with E-state index in [4.69, 9.17) is 5.73 Å². The predicted octanol–water partition coefficient (Wildman–Crippen LogP) is -3.74. The van der Waals surface area contributed by atoms with Gasteiger partial charge in [0.2, 0.25) is 0 Å². The fourth-order valence-corrected chi connectivity index (χ4v) is 6.94. The number of rotatable bonds is 7. The van der Waals surface area contributed by atoms with E-state index in [1.807, 2.05) is 6.92 Å². The fourth-order valence-electron chi connectivity index (χ4n) is 3.09. The van der Waals surface area contributed by atoms with Gasteiger partial charge < -0.3 is 26.2 Å². The summed E-state index contributed by atoms with van der Waals surface area (Å²) < 4.78 is 0.693. The van der Waals surface area contributed by atoms with Crippen LogP contribution in [0.3, 0.4) is 0 Å². The van der Waals surface area contributed by atoms with Gasteiger partial charge in [0, 0.05) is 16.9 Å². The van der Waals surface area contributed by atoms with Crippen molar-refractivity contribution in [3.63, 3.8) is 0 Å². The summed E-state index contributed by atoms with van der Waals surface area (Å²) >= 11 is 5.09. The van der Waals surface area contributed by atoms with Crippen molar-refractivity contribution in [1.29, 1.82) is 0 Å². The third-order valence-corrected chi connectivity index (χ3v) is 8.56. The van der Waals surface area contributed by atoms with E-state index < -0.39 is 34.9 Å². The maximum absolute atomic E-state index is 12.7. The van der Waals surface area contributed by atoms with Gasteiger partial charge in [-0.2, -0.15) is 0 Å². The van der Waals surface area contributed by atoms with Gasteiger partial charge in [0.05, 0.1) is 11.7 Å². The zero-order valence-corrected chi connectivity index (χ0v) is 22.4. The topological polar surface area (TPSA) is 187 Å². The normalized spacial score (nSPS) is 20.1. The Morgan fingerprint density at radius 3 is 2.79 bits per heavy atom. The number of aromatic nitrogens is 3. The van der Waals surface area contributed by atoms with Gasteiger partial charge in [-0.15, -0.1) is 33.3 Å². The number of carboxylic acid groups (broad SMARTS) is 1. The van der Waals surface area contributed by atoms with Crippen LogP contribution in [0.25, 0.3) is 0 Å². The van der Waals surface area contributed by atoms with E-state index in [1.54, 1.807) is 0 Å². The number of carboxylic acids is 1. The Kier molecular flexibility index (Phi) is 8.41. The fraction of sp³-hybridized carbons (Fsp3) is 0.312. The van der Waals surface area contributed by atoms with Crippen LogP contribution in [0.5, 0.6) is 0 Å². The number of fused-ring (bicyclic) bond motifs is 1. The van der Waals surface area contributed by atoms with Gasteiger partial charge in [0.1, 0.15) is 22.1 Å². The molecule has 1 saturated heterocycles. The first-order valence-corrected chi connectivity index (χ1v) is 12.6. The molecule has 2 unspecified atom stereocenters. The summed E-state index contributed by atoms with van der Waals surface area (Å²) in [5.74, 6) is -2.25. The molecular formula is C16H14N7NaO5S4. The summed E-state index contributed by atoms with van der Waals surface area (Å²) in [5.41, 5.74) is 5.54. The second kappa shape index (κ2) is 10.7. The van der Waals surface area contributed by atoms with Crippen molar-refractivity contribution in [2.75, 3.05) is 17.2 Å². The molecule has 2 amide bonds. The van der Waals surface area contributed by atoms with Gasteiger partial charge in [0.25, 0.3) is 11.8 Å². The molecule has 0 bridgehead atoms. The monoisotopic (exact) mass is 535 g/mol. The van der Waals surface area contributed by atoms with Crippen molar-refractivity contribution in [2.24, 2.45) is 5.16 Å². The number of aliphatic carboxylic acids is 1. The number of hydrogen-bond acceptors (Lipinski definition) is 14. The Morgan fingerprint density at radius 1 is 1.45 bits per heavy atom. The average molecular weight is 536 g/mol. The molecular weight excluding hydrogens is 521 g/mol. The molecule has 168 valence electrons. The molecule has 2 aromatic rings. The van der Waals surface area contributed by atoms with E-state index in [9.17, 15) is 24.7 Å². The Morgan fingerprint density at radius 2 is 2.21 bits per heavy atom. The van der Waals surface area contributed by atoms with Crippen molar-refractivity contribution in [3.8, 4) is 0 Å². The molecule has 2 aromatic heterocycles. The molecule has 0 saturated carbocycles. The SMILES string of the molecule is Cc1nnc(SCC2=C(C(=O)[O-])N3C(=O)C(NC(=O)/C(=N/O)c4csc(N)n4)C3SC2)s1.[Na+]. The number of amides is 2. The summed E-state index contributed by atoms with van der Waals surface area (Å²) in [5, 5.41) is 36.2. The molecule has 1 fully saturated rings. The number of nitrogens with zero attached hydrogens (tertiary/aromatic N) is 5. The molecule has 0 radical (unpaired) electrons. The molecule has 17 heteroatoms. The number of nitrogen functional groups attached to an aromatic ring is 1. The molecule has 2 atom stereocenters. The minimum atomic E-state index is -1.46. The number of thiazole rings is 1. The number of oxime groups is 1. The third kappa shape index (κ3) is 5.21. The van der Waals surface area contributed by atoms with Crippen LogP contribution >= 0.6 is 46.2 Å². The second-order valence-electron chi connectivity index (χ2n) is 6.50. The Balaban J connectivity index is 0.00000306. The smallest absolute Gasteiger partial charge is 0.543 e. The molecule has 4 rings (SSSR count). The molecule has 0 aliphatic carbocycles. The van der Waals surface area contributed by atoms with Crippen LogP contribution in [0, 0.1) is 6.92 Å². The van der Waals surface area contributed by atoms with E-state index in [0.29, 0.717) is 21.4 Å². The quantitative estimate of drug-likeness (QED) is 0.0790. The van der Waals surface area contributed by atoms with Crippen LogP contribution in [0.15, 0.2) is 26.1 Å². The van der Waals surface area contributed by atoms with Crippen molar-refractivity contribution in [3.05, 3.63) is 27.4 Å². The molecule has 4 N–H and O–H groups in total. The first-order valence-electron chi connectivity index (χ1n) is 8.85. The standard InChI is InChI=1S/C16H15N7O5S4.Na/c1-5-20-21-16(32-5)31-3-6-2-29-13-9(12(25)23(13)10(6)14(26)27)19-11(24)8(22-28)7-4-30-15(17)18-7;/h4,9,13,28H,2-3H2,1H3,(H2,17,18)(H,19,24)(H,26,27);/q;+1/p-1/b22-8+;. The maximum atomic E-state index is 12.7. The van der Waals surface area contributed by atoms with Gasteiger partial charge in [-0.05, 0) is 12.5 Å². The van der Waals surface area contributed by atoms with E-state index in [1.165, 1.54) is 40.2 Å². The maximum Gasteiger partial charge on any atom is 1.00 e. The van der Waals surface area contributed by atoms with Gasteiger partial charge in [0.15, 0.2) is 15.2 Å². The number of nitrogens with one attached hydrogen (secondary N) is 1. The predicted molar refractivity (Wildman–Crippen MR) is 117 cm³/mol. The zero-order chi connectivity index (χ0) is 23.0. The Labute approximate surface area is 225 Å². The van der Waals surface area contributed by atoms with Crippen molar-refractivity contribution < 1.29 is 54.3 Å². The third-order valence-electron chi connectivity index (χ3n) is 4.48.